The van der Waals surface area contributed by atoms with Crippen LogP contribution in [0.1, 0.15) is 66.2 Å². The quantitative estimate of drug-likeness (QED) is 0.739. The minimum absolute atomic E-state index is 0.0170. The molecule has 0 amide bonds. The van der Waals surface area contributed by atoms with Gasteiger partial charge in [0.2, 0.25) is 0 Å². The Kier molecular flexibility index (Phi) is 4.27. The molecule has 0 radical (unpaired) electrons. The number of carbonyl (C=O) groups excluding carboxylic acids is 2. The number of esters is 1. The van der Waals surface area contributed by atoms with Gasteiger partial charge >= 0.3 is 5.97 Å². The number of fused-ring (bicyclic) bond motifs is 1. The number of Topliss-reactive ketones (excluding diaryl/α,β-unsaturated/α-hetero) is 1. The number of rotatable bonds is 3. The van der Waals surface area contributed by atoms with Gasteiger partial charge in [-0.1, -0.05) is 20.8 Å². The van der Waals surface area contributed by atoms with Crippen molar-refractivity contribution in [3.05, 3.63) is 0 Å². The predicted molar refractivity (Wildman–Crippen MR) is 78.2 cm³/mol. The monoisotopic (exact) mass is 280 g/mol. The maximum Gasteiger partial charge on any atom is 0.302 e. The molecule has 2 aliphatic rings. The van der Waals surface area contributed by atoms with Gasteiger partial charge < -0.3 is 4.74 Å². The zero-order valence-electron chi connectivity index (χ0n) is 13.3. The van der Waals surface area contributed by atoms with E-state index < -0.39 is 5.41 Å². The molecule has 0 aliphatic heterocycles. The fourth-order valence-corrected chi connectivity index (χ4v) is 4.34. The van der Waals surface area contributed by atoms with Gasteiger partial charge in [-0.3, -0.25) is 9.59 Å². The van der Waals surface area contributed by atoms with Gasteiger partial charge in [0.15, 0.2) is 0 Å². The molecule has 0 aromatic carbocycles. The van der Waals surface area contributed by atoms with E-state index >= 15 is 0 Å². The standard InChI is InChI=1S/C17H28O3/c1-12(2)14-7-9-16(4)8-5-6-15(19)17(16,10-14)11-20-13(3)18/h12,14H,5-11H2,1-4H3/t14-,16+,17-/m0/s1. The van der Waals surface area contributed by atoms with Crippen LogP contribution in [0.2, 0.25) is 0 Å². The molecule has 0 saturated heterocycles. The smallest absolute Gasteiger partial charge is 0.302 e. The lowest BCUT2D eigenvalue weighted by molar-refractivity contribution is -0.168. The van der Waals surface area contributed by atoms with Gasteiger partial charge in [-0.25, -0.2) is 0 Å². The largest absolute Gasteiger partial charge is 0.465 e. The molecular weight excluding hydrogens is 252 g/mol. The minimum atomic E-state index is -0.426. The summed E-state index contributed by atoms with van der Waals surface area (Å²) < 4.78 is 5.35. The lowest BCUT2D eigenvalue weighted by Crippen LogP contribution is -2.56. The summed E-state index contributed by atoms with van der Waals surface area (Å²) in [5.41, 5.74) is -0.409. The molecule has 0 heterocycles. The van der Waals surface area contributed by atoms with E-state index in [1.54, 1.807) is 0 Å². The number of hydrogen-bond acceptors (Lipinski definition) is 3. The minimum Gasteiger partial charge on any atom is -0.465 e. The lowest BCUT2D eigenvalue weighted by atomic mass is 9.48. The van der Waals surface area contributed by atoms with Gasteiger partial charge in [-0.2, -0.15) is 0 Å². The molecule has 0 unspecified atom stereocenters. The molecule has 0 aromatic rings. The Morgan fingerprint density at radius 2 is 2.10 bits per heavy atom. The van der Waals surface area contributed by atoms with Crippen LogP contribution >= 0.6 is 0 Å². The second kappa shape index (κ2) is 5.50. The Balaban J connectivity index is 2.31. The van der Waals surface area contributed by atoms with Crippen LogP contribution in [0.25, 0.3) is 0 Å². The van der Waals surface area contributed by atoms with Crippen molar-refractivity contribution in [2.24, 2.45) is 22.7 Å². The van der Waals surface area contributed by atoms with E-state index in [0.717, 1.165) is 25.7 Å². The summed E-state index contributed by atoms with van der Waals surface area (Å²) >= 11 is 0. The molecule has 20 heavy (non-hydrogen) atoms. The van der Waals surface area contributed by atoms with Crippen molar-refractivity contribution in [3.8, 4) is 0 Å². The van der Waals surface area contributed by atoms with Crippen LogP contribution in [-0.2, 0) is 14.3 Å². The average molecular weight is 280 g/mol. The molecule has 0 bridgehead atoms. The number of ether oxygens (including phenoxy) is 1. The van der Waals surface area contributed by atoms with Crippen LogP contribution in [0.5, 0.6) is 0 Å². The molecule has 0 aromatic heterocycles. The van der Waals surface area contributed by atoms with Crippen LogP contribution in [-0.4, -0.2) is 18.4 Å². The molecule has 2 aliphatic carbocycles. The van der Waals surface area contributed by atoms with Gasteiger partial charge in [0.05, 0.1) is 5.41 Å². The highest BCUT2D eigenvalue weighted by atomic mass is 16.5. The topological polar surface area (TPSA) is 43.4 Å². The summed E-state index contributed by atoms with van der Waals surface area (Å²) in [7, 11) is 0. The highest BCUT2D eigenvalue weighted by Gasteiger charge is 2.58. The fourth-order valence-electron chi connectivity index (χ4n) is 4.34. The van der Waals surface area contributed by atoms with Gasteiger partial charge in [0.1, 0.15) is 12.4 Å². The fraction of sp³-hybridized carbons (Fsp3) is 0.882. The zero-order valence-corrected chi connectivity index (χ0v) is 13.3. The van der Waals surface area contributed by atoms with Crippen LogP contribution in [0.15, 0.2) is 0 Å². The molecule has 3 nitrogen and oxygen atoms in total. The summed E-state index contributed by atoms with van der Waals surface area (Å²) in [4.78, 5) is 24.0. The maximum absolute atomic E-state index is 12.7. The predicted octanol–water partition coefficient (Wildman–Crippen LogP) is 3.75. The van der Waals surface area contributed by atoms with Crippen LogP contribution < -0.4 is 0 Å². The second-order valence-electron chi connectivity index (χ2n) is 7.45. The number of ketones is 1. The highest BCUT2D eigenvalue weighted by molar-refractivity contribution is 5.87. The van der Waals surface area contributed by atoms with Crippen LogP contribution in [0.3, 0.4) is 0 Å². The van der Waals surface area contributed by atoms with Gasteiger partial charge in [0.25, 0.3) is 0 Å². The summed E-state index contributed by atoms with van der Waals surface area (Å²) in [5.74, 6) is 1.22. The molecule has 3 heteroatoms. The Morgan fingerprint density at radius 1 is 1.40 bits per heavy atom. The normalized spacial score (nSPS) is 37.6. The van der Waals surface area contributed by atoms with E-state index in [-0.39, 0.29) is 11.4 Å². The van der Waals surface area contributed by atoms with Crippen molar-refractivity contribution in [2.45, 2.75) is 66.2 Å². The van der Waals surface area contributed by atoms with Crippen molar-refractivity contribution >= 4 is 11.8 Å². The summed E-state index contributed by atoms with van der Waals surface area (Å²) in [6.45, 7) is 8.44. The first-order valence-corrected chi connectivity index (χ1v) is 7.97. The van der Waals surface area contributed by atoms with Crippen molar-refractivity contribution in [2.75, 3.05) is 6.61 Å². The van der Waals surface area contributed by atoms with E-state index in [9.17, 15) is 9.59 Å². The van der Waals surface area contributed by atoms with Gasteiger partial charge in [-0.05, 0) is 49.4 Å². The SMILES string of the molecule is CC(=O)OC[C@]12C[C@@H](C(C)C)CC[C@@]1(C)CCCC2=O. The Morgan fingerprint density at radius 3 is 2.70 bits per heavy atom. The summed E-state index contributed by atoms with van der Waals surface area (Å²) in [5, 5.41) is 0. The summed E-state index contributed by atoms with van der Waals surface area (Å²) in [6, 6.07) is 0. The molecule has 3 atom stereocenters. The van der Waals surface area contributed by atoms with E-state index in [4.69, 9.17) is 4.74 Å². The number of hydrogen-bond donors (Lipinski definition) is 0. The third-order valence-corrected chi connectivity index (χ3v) is 5.96. The van der Waals surface area contributed by atoms with Crippen molar-refractivity contribution in [3.63, 3.8) is 0 Å². The van der Waals surface area contributed by atoms with Crippen molar-refractivity contribution < 1.29 is 14.3 Å². The molecule has 114 valence electrons. The Bertz CT molecular complexity index is 401. The van der Waals surface area contributed by atoms with Crippen LogP contribution in [0, 0.1) is 22.7 Å². The van der Waals surface area contributed by atoms with Gasteiger partial charge in [-0.15, -0.1) is 0 Å². The molecular formula is C17H28O3. The van der Waals surface area contributed by atoms with Gasteiger partial charge in [0, 0.05) is 13.3 Å². The van der Waals surface area contributed by atoms with Crippen molar-refractivity contribution in [1.29, 1.82) is 0 Å². The Labute approximate surface area is 122 Å². The molecule has 0 N–H and O–H groups in total. The van der Waals surface area contributed by atoms with E-state index in [2.05, 4.69) is 20.8 Å². The first-order chi connectivity index (χ1) is 9.31. The second-order valence-corrected chi connectivity index (χ2v) is 7.45. The van der Waals surface area contributed by atoms with E-state index in [1.807, 2.05) is 0 Å². The Hall–Kier alpha value is -0.860. The zero-order chi connectivity index (χ0) is 15.0. The third-order valence-electron chi connectivity index (χ3n) is 5.96. The van der Waals surface area contributed by atoms with E-state index in [1.165, 1.54) is 13.3 Å². The molecule has 2 saturated carbocycles. The molecule has 2 fully saturated rings. The first kappa shape index (κ1) is 15.5. The van der Waals surface area contributed by atoms with Crippen molar-refractivity contribution in [1.82, 2.24) is 0 Å². The molecule has 0 spiro atoms. The molecule has 2 rings (SSSR count). The third kappa shape index (κ3) is 2.51. The first-order valence-electron chi connectivity index (χ1n) is 7.97. The summed E-state index contributed by atoms with van der Waals surface area (Å²) in [6.07, 6.45) is 5.91. The lowest BCUT2D eigenvalue weighted by Gasteiger charge is -2.55. The maximum atomic E-state index is 12.7. The van der Waals surface area contributed by atoms with E-state index in [0.29, 0.717) is 30.6 Å². The number of carbonyl (C=O) groups is 2. The highest BCUT2D eigenvalue weighted by Crippen LogP contribution is 2.59. The van der Waals surface area contributed by atoms with Crippen LogP contribution in [0.4, 0.5) is 0 Å². The average Bonchev–Trinajstić information content (AvgIpc) is 2.36.